The van der Waals surface area contributed by atoms with E-state index in [0.29, 0.717) is 16.3 Å². The minimum atomic E-state index is -0.338. The monoisotopic (exact) mass is 219 g/mol. The molecule has 0 saturated heterocycles. The molecule has 1 heterocycles. The summed E-state index contributed by atoms with van der Waals surface area (Å²) in [4.78, 5) is 12.1. The van der Waals surface area contributed by atoms with Crippen molar-refractivity contribution in [2.75, 3.05) is 5.73 Å². The number of benzene rings is 1. The van der Waals surface area contributed by atoms with Crippen LogP contribution in [-0.2, 0) is 0 Å². The lowest BCUT2D eigenvalue weighted by atomic mass is 10.3. The van der Waals surface area contributed by atoms with Gasteiger partial charge in [0.15, 0.2) is 0 Å². The van der Waals surface area contributed by atoms with Crippen molar-refractivity contribution in [2.45, 2.75) is 0 Å². The molecule has 1 aromatic carbocycles. The molecule has 0 atom stereocenters. The second kappa shape index (κ2) is 4.14. The average molecular weight is 219 g/mol. The zero-order valence-electron chi connectivity index (χ0n) is 7.84. The molecule has 2 aromatic rings. The first-order chi connectivity index (χ1) is 7.25. The van der Waals surface area contributed by atoms with E-state index in [0.717, 1.165) is 0 Å². The summed E-state index contributed by atoms with van der Waals surface area (Å²) in [6.07, 6.45) is 0. The highest BCUT2D eigenvalue weighted by Crippen LogP contribution is 2.16. The minimum absolute atomic E-state index is 0.338. The fraction of sp³-hybridized carbons (Fsp3) is 0. The van der Waals surface area contributed by atoms with Gasteiger partial charge in [-0.15, -0.1) is 11.3 Å². The topological polar surface area (TPSA) is 52.3 Å². The van der Waals surface area contributed by atoms with Gasteiger partial charge in [0.1, 0.15) is 10.6 Å². The first kappa shape index (κ1) is 9.73. The number of hydrogen-bond acceptors (Lipinski definition) is 4. The Labute approximate surface area is 91.1 Å². The number of esters is 1. The number of thiophene rings is 1. The van der Waals surface area contributed by atoms with E-state index in [-0.39, 0.29) is 5.97 Å². The molecule has 1 aromatic heterocycles. The standard InChI is InChI=1S/C11H9NO2S/c12-8-3-5-9(6-4-8)14-11(13)10-2-1-7-15-10/h1-7H,12H2. The molecule has 2 rings (SSSR count). The van der Waals surface area contributed by atoms with Crippen molar-refractivity contribution in [2.24, 2.45) is 0 Å². The van der Waals surface area contributed by atoms with E-state index < -0.39 is 0 Å². The Hall–Kier alpha value is -1.81. The van der Waals surface area contributed by atoms with Gasteiger partial charge >= 0.3 is 5.97 Å². The normalized spacial score (nSPS) is 9.87. The Morgan fingerprint density at radius 1 is 1.20 bits per heavy atom. The van der Waals surface area contributed by atoms with Crippen LogP contribution in [0.4, 0.5) is 5.69 Å². The van der Waals surface area contributed by atoms with Crippen LogP contribution in [0.15, 0.2) is 41.8 Å². The Kier molecular flexibility index (Phi) is 2.69. The van der Waals surface area contributed by atoms with Gasteiger partial charge in [-0.25, -0.2) is 4.79 Å². The number of rotatable bonds is 2. The Morgan fingerprint density at radius 3 is 2.53 bits per heavy atom. The third kappa shape index (κ3) is 2.35. The van der Waals surface area contributed by atoms with Crippen molar-refractivity contribution in [3.05, 3.63) is 46.7 Å². The van der Waals surface area contributed by atoms with Crippen molar-refractivity contribution in [1.29, 1.82) is 0 Å². The summed E-state index contributed by atoms with van der Waals surface area (Å²) in [5, 5.41) is 1.83. The fourth-order valence-corrected chi connectivity index (χ4v) is 1.69. The van der Waals surface area contributed by atoms with Crippen LogP contribution in [0.3, 0.4) is 0 Å². The molecule has 0 radical (unpaired) electrons. The second-order valence-corrected chi connectivity index (χ2v) is 3.88. The molecule has 0 amide bonds. The van der Waals surface area contributed by atoms with E-state index in [1.54, 1.807) is 30.3 Å². The zero-order valence-corrected chi connectivity index (χ0v) is 8.66. The van der Waals surface area contributed by atoms with Gasteiger partial charge < -0.3 is 10.5 Å². The van der Waals surface area contributed by atoms with Gasteiger partial charge in [-0.05, 0) is 35.7 Å². The summed E-state index contributed by atoms with van der Waals surface area (Å²) in [5.74, 6) is 0.164. The largest absolute Gasteiger partial charge is 0.422 e. The first-order valence-corrected chi connectivity index (χ1v) is 5.25. The van der Waals surface area contributed by atoms with E-state index >= 15 is 0 Å². The van der Waals surface area contributed by atoms with Crippen molar-refractivity contribution in [3.63, 3.8) is 0 Å². The first-order valence-electron chi connectivity index (χ1n) is 4.37. The number of nitrogen functional groups attached to an aromatic ring is 1. The molecule has 0 unspecified atom stereocenters. The van der Waals surface area contributed by atoms with Crippen LogP contribution in [0.5, 0.6) is 5.75 Å². The summed E-state index contributed by atoms with van der Waals surface area (Å²) in [6.45, 7) is 0. The SMILES string of the molecule is Nc1ccc(OC(=O)c2cccs2)cc1. The molecule has 0 aliphatic rings. The predicted molar refractivity (Wildman–Crippen MR) is 60.1 cm³/mol. The summed E-state index contributed by atoms with van der Waals surface area (Å²) >= 11 is 1.35. The maximum atomic E-state index is 11.5. The van der Waals surface area contributed by atoms with Gasteiger partial charge in [-0.3, -0.25) is 0 Å². The highest BCUT2D eigenvalue weighted by atomic mass is 32.1. The zero-order chi connectivity index (χ0) is 10.7. The van der Waals surface area contributed by atoms with Gasteiger partial charge in [0, 0.05) is 5.69 Å². The molecule has 0 spiro atoms. The van der Waals surface area contributed by atoms with Crippen LogP contribution in [0.1, 0.15) is 9.67 Å². The molecule has 4 heteroatoms. The van der Waals surface area contributed by atoms with Gasteiger partial charge in [0.25, 0.3) is 0 Å². The highest BCUT2D eigenvalue weighted by molar-refractivity contribution is 7.12. The molecule has 0 fully saturated rings. The number of anilines is 1. The predicted octanol–water partition coefficient (Wildman–Crippen LogP) is 2.55. The maximum absolute atomic E-state index is 11.5. The quantitative estimate of drug-likeness (QED) is 0.479. The summed E-state index contributed by atoms with van der Waals surface area (Å²) in [5.41, 5.74) is 6.16. The summed E-state index contributed by atoms with van der Waals surface area (Å²) < 4.78 is 5.13. The van der Waals surface area contributed by atoms with Crippen LogP contribution in [0.2, 0.25) is 0 Å². The van der Waals surface area contributed by atoms with Crippen LogP contribution in [0, 0.1) is 0 Å². The molecule has 3 nitrogen and oxygen atoms in total. The van der Waals surface area contributed by atoms with Crippen LogP contribution in [-0.4, -0.2) is 5.97 Å². The summed E-state index contributed by atoms with van der Waals surface area (Å²) in [7, 11) is 0. The lowest BCUT2D eigenvalue weighted by molar-refractivity contribution is 0.0740. The van der Waals surface area contributed by atoms with Gasteiger partial charge in [-0.1, -0.05) is 6.07 Å². The van der Waals surface area contributed by atoms with Crippen molar-refractivity contribution < 1.29 is 9.53 Å². The molecule has 0 saturated carbocycles. The van der Waals surface area contributed by atoms with E-state index in [1.165, 1.54) is 11.3 Å². The number of nitrogens with two attached hydrogens (primary N) is 1. The molecule has 0 aliphatic carbocycles. The van der Waals surface area contributed by atoms with Crippen molar-refractivity contribution in [3.8, 4) is 5.75 Å². The molecule has 0 bridgehead atoms. The van der Waals surface area contributed by atoms with Gasteiger partial charge in [-0.2, -0.15) is 0 Å². The molecular weight excluding hydrogens is 210 g/mol. The van der Waals surface area contributed by atoms with E-state index in [1.807, 2.05) is 11.4 Å². The molecule has 2 N–H and O–H groups in total. The highest BCUT2D eigenvalue weighted by Gasteiger charge is 2.08. The van der Waals surface area contributed by atoms with E-state index in [2.05, 4.69) is 0 Å². The minimum Gasteiger partial charge on any atom is -0.422 e. The van der Waals surface area contributed by atoms with Gasteiger partial charge in [0.05, 0.1) is 0 Å². The van der Waals surface area contributed by atoms with E-state index in [9.17, 15) is 4.79 Å². The number of carbonyl (C=O) groups is 1. The Balaban J connectivity index is 2.09. The third-order valence-electron chi connectivity index (χ3n) is 1.81. The van der Waals surface area contributed by atoms with E-state index in [4.69, 9.17) is 10.5 Å². The lowest BCUT2D eigenvalue weighted by Crippen LogP contribution is -2.06. The third-order valence-corrected chi connectivity index (χ3v) is 2.66. The summed E-state index contributed by atoms with van der Waals surface area (Å²) in [6, 6.07) is 10.3. The van der Waals surface area contributed by atoms with Gasteiger partial charge in [0.2, 0.25) is 0 Å². The molecular formula is C11H9NO2S. The van der Waals surface area contributed by atoms with Crippen LogP contribution >= 0.6 is 11.3 Å². The molecule has 76 valence electrons. The average Bonchev–Trinajstić information content (AvgIpc) is 2.74. The smallest absolute Gasteiger partial charge is 0.353 e. The van der Waals surface area contributed by atoms with Crippen molar-refractivity contribution in [1.82, 2.24) is 0 Å². The number of hydrogen-bond donors (Lipinski definition) is 1. The van der Waals surface area contributed by atoms with Crippen LogP contribution < -0.4 is 10.5 Å². The Bertz CT molecular complexity index is 448. The Morgan fingerprint density at radius 2 is 1.93 bits per heavy atom. The lowest BCUT2D eigenvalue weighted by Gasteiger charge is -2.02. The molecule has 0 aliphatic heterocycles. The van der Waals surface area contributed by atoms with Crippen LogP contribution in [0.25, 0.3) is 0 Å². The molecule has 15 heavy (non-hydrogen) atoms. The number of ether oxygens (including phenoxy) is 1. The fourth-order valence-electron chi connectivity index (χ4n) is 1.09. The maximum Gasteiger partial charge on any atom is 0.353 e. The second-order valence-electron chi connectivity index (χ2n) is 2.94. The van der Waals surface area contributed by atoms with Crippen molar-refractivity contribution >= 4 is 23.0 Å². The number of carbonyl (C=O) groups excluding carboxylic acids is 1.